The predicted octanol–water partition coefficient (Wildman–Crippen LogP) is 4.65. The minimum absolute atomic E-state index is 0.0116. The van der Waals surface area contributed by atoms with Gasteiger partial charge >= 0.3 is 5.97 Å². The number of cyclic esters (lactones) is 1. The summed E-state index contributed by atoms with van der Waals surface area (Å²) in [5.41, 5.74) is 0.236. The predicted molar refractivity (Wildman–Crippen MR) is 141 cm³/mol. The number of aromatic nitrogens is 1. The molecule has 0 spiro atoms. The van der Waals surface area contributed by atoms with Crippen molar-refractivity contribution in [3.8, 4) is 0 Å². The number of rotatable bonds is 5. The van der Waals surface area contributed by atoms with Gasteiger partial charge in [-0.05, 0) is 58.1 Å². The molecule has 0 bridgehead atoms. The summed E-state index contributed by atoms with van der Waals surface area (Å²) >= 11 is 1.37. The van der Waals surface area contributed by atoms with Crippen LogP contribution in [-0.4, -0.2) is 52.2 Å². The van der Waals surface area contributed by atoms with Crippen LogP contribution in [-0.2, 0) is 35.2 Å². The van der Waals surface area contributed by atoms with Crippen LogP contribution in [0.5, 0.6) is 0 Å². The van der Waals surface area contributed by atoms with Gasteiger partial charge in [-0.2, -0.15) is 0 Å². The highest BCUT2D eigenvalue weighted by Crippen LogP contribution is 2.45. The number of ketones is 1. The first-order valence-corrected chi connectivity index (χ1v) is 13.7. The van der Waals surface area contributed by atoms with Gasteiger partial charge in [0.1, 0.15) is 23.0 Å². The zero-order valence-electron chi connectivity index (χ0n) is 22.6. The number of ether oxygens (including phenoxy) is 3. The lowest BCUT2D eigenvalue weighted by molar-refractivity contribution is -0.145. The van der Waals surface area contributed by atoms with E-state index < -0.39 is 29.5 Å². The molecule has 0 radical (unpaired) electrons. The fourth-order valence-electron chi connectivity index (χ4n) is 5.14. The number of Topliss-reactive ketones (excluding diaryl/α,β-unsaturated/α-hetero) is 1. The van der Waals surface area contributed by atoms with E-state index in [1.165, 1.54) is 17.4 Å². The van der Waals surface area contributed by atoms with Crippen LogP contribution in [0.2, 0.25) is 0 Å². The maximum absolute atomic E-state index is 13.4. The monoisotopic (exact) mass is 533 g/mol. The van der Waals surface area contributed by atoms with Crippen LogP contribution in [0, 0.1) is 17.3 Å². The van der Waals surface area contributed by atoms with Gasteiger partial charge in [0, 0.05) is 23.3 Å². The van der Waals surface area contributed by atoms with Crippen molar-refractivity contribution in [2.24, 2.45) is 17.3 Å². The number of thiazole rings is 1. The van der Waals surface area contributed by atoms with Gasteiger partial charge < -0.3 is 19.3 Å². The molecule has 0 aromatic carbocycles. The van der Waals surface area contributed by atoms with Crippen LogP contribution in [0.1, 0.15) is 77.9 Å². The zero-order valence-corrected chi connectivity index (χ0v) is 23.4. The maximum atomic E-state index is 13.4. The lowest BCUT2D eigenvalue weighted by atomic mass is 9.76. The van der Waals surface area contributed by atoms with Gasteiger partial charge in [0.2, 0.25) is 0 Å². The maximum Gasteiger partial charge on any atom is 0.331 e. The second-order valence-electron chi connectivity index (χ2n) is 11.1. The highest BCUT2D eigenvalue weighted by molar-refractivity contribution is 7.09. The number of aliphatic hydroxyl groups is 1. The van der Waals surface area contributed by atoms with Crippen molar-refractivity contribution in [2.75, 3.05) is 0 Å². The van der Waals surface area contributed by atoms with Crippen molar-refractivity contribution in [2.45, 2.75) is 97.7 Å². The van der Waals surface area contributed by atoms with Gasteiger partial charge in [0.25, 0.3) is 6.47 Å². The number of epoxide rings is 1. The number of hydrogen-bond donors (Lipinski definition) is 1. The summed E-state index contributed by atoms with van der Waals surface area (Å²) in [6.07, 6.45) is 6.52. The summed E-state index contributed by atoms with van der Waals surface area (Å²) in [6, 6.07) is 0. The van der Waals surface area contributed by atoms with E-state index in [2.05, 4.69) is 11.9 Å². The summed E-state index contributed by atoms with van der Waals surface area (Å²) in [4.78, 5) is 41.8. The van der Waals surface area contributed by atoms with Crippen molar-refractivity contribution < 1.29 is 33.7 Å². The standard InChI is InChI=1S/C28H39NO7S/c1-17-8-7-10-28(6)22(36-28)13-21(18(2)12-20-15-37-23(14-30)29-20)35-24(32)9-11-27(4,5)26(33)19(3)25(17)34-16-31/h9,11-12,15-17,19,21-22,25,30H,7-8,10,13-14H2,1-6H3/b11-9+,18-12+/t17-,19+,21?,22?,25-,28+/m0/s1. The first kappa shape index (κ1) is 29.2. The summed E-state index contributed by atoms with van der Waals surface area (Å²) in [7, 11) is 0. The van der Waals surface area contributed by atoms with Gasteiger partial charge in [-0.25, -0.2) is 9.78 Å². The normalized spacial score (nSPS) is 34.2. The molecule has 0 saturated carbocycles. The molecule has 9 heteroatoms. The van der Waals surface area contributed by atoms with E-state index >= 15 is 0 Å². The summed E-state index contributed by atoms with van der Waals surface area (Å²) in [6.45, 7) is 11.5. The number of aliphatic hydroxyl groups excluding tert-OH is 1. The lowest BCUT2D eigenvalue weighted by Crippen LogP contribution is -2.39. The molecule has 2 aliphatic heterocycles. The molecular weight excluding hydrogens is 494 g/mol. The Bertz CT molecular complexity index is 1050. The number of allylic oxidation sites excluding steroid dienone is 1. The molecule has 3 rings (SSSR count). The highest BCUT2D eigenvalue weighted by Gasteiger charge is 2.52. The topological polar surface area (TPSA) is 115 Å². The quantitative estimate of drug-likeness (QED) is 0.330. The SMILES string of the molecule is C/C(=C\c1csc(CO)n1)C1CC2O[C@]2(C)CCC[C@H](C)[C@H](OC=O)[C@@H](C)C(=O)C(C)(C)/C=C/C(=O)O1. The Morgan fingerprint density at radius 1 is 1.30 bits per heavy atom. The second-order valence-corrected chi connectivity index (χ2v) is 12.0. The Kier molecular flexibility index (Phi) is 9.47. The number of carbonyl (C=O) groups excluding carboxylic acids is 3. The van der Waals surface area contributed by atoms with Crippen molar-refractivity contribution in [1.82, 2.24) is 4.98 Å². The molecule has 37 heavy (non-hydrogen) atoms. The lowest BCUT2D eigenvalue weighted by Gasteiger charge is -2.31. The van der Waals surface area contributed by atoms with E-state index in [1.54, 1.807) is 26.8 Å². The third-order valence-corrected chi connectivity index (χ3v) is 8.45. The Morgan fingerprint density at radius 3 is 2.68 bits per heavy atom. The molecule has 0 amide bonds. The van der Waals surface area contributed by atoms with Crippen LogP contribution in [0.4, 0.5) is 0 Å². The van der Waals surface area contributed by atoms with Gasteiger partial charge in [-0.15, -0.1) is 11.3 Å². The van der Waals surface area contributed by atoms with Crippen LogP contribution in [0.3, 0.4) is 0 Å². The fourth-order valence-corrected chi connectivity index (χ4v) is 5.75. The van der Waals surface area contributed by atoms with Crippen molar-refractivity contribution in [3.05, 3.63) is 33.8 Å². The summed E-state index contributed by atoms with van der Waals surface area (Å²) in [5, 5.41) is 11.8. The number of carbonyl (C=O) groups is 3. The molecule has 1 aromatic rings. The molecule has 204 valence electrons. The molecule has 2 unspecified atom stereocenters. The smallest absolute Gasteiger partial charge is 0.331 e. The Labute approximate surface area is 223 Å². The molecule has 1 fully saturated rings. The molecule has 1 aromatic heterocycles. The zero-order chi connectivity index (χ0) is 27.4. The first-order valence-electron chi connectivity index (χ1n) is 12.8. The second kappa shape index (κ2) is 12.0. The van der Waals surface area contributed by atoms with E-state index in [9.17, 15) is 19.5 Å². The van der Waals surface area contributed by atoms with Crippen molar-refractivity contribution >= 4 is 35.6 Å². The minimum atomic E-state index is -0.959. The number of nitrogens with zero attached hydrogens (tertiary/aromatic N) is 1. The molecule has 1 saturated heterocycles. The molecule has 6 atom stereocenters. The third-order valence-electron chi connectivity index (χ3n) is 7.59. The number of fused-ring (bicyclic) bond motifs is 1. The van der Waals surface area contributed by atoms with Gasteiger partial charge in [0.05, 0.1) is 29.9 Å². The van der Waals surface area contributed by atoms with Crippen molar-refractivity contribution in [1.29, 1.82) is 0 Å². The molecule has 8 nitrogen and oxygen atoms in total. The average molecular weight is 534 g/mol. The van der Waals surface area contributed by atoms with Crippen LogP contribution < -0.4 is 0 Å². The molecule has 2 aliphatic rings. The Hall–Kier alpha value is -2.36. The molecule has 1 N–H and O–H groups in total. The number of esters is 1. The van der Waals surface area contributed by atoms with Gasteiger partial charge in [-0.3, -0.25) is 9.59 Å². The van der Waals surface area contributed by atoms with E-state index in [-0.39, 0.29) is 30.0 Å². The van der Waals surface area contributed by atoms with Gasteiger partial charge in [-0.1, -0.05) is 26.3 Å². The van der Waals surface area contributed by atoms with Crippen molar-refractivity contribution in [3.63, 3.8) is 0 Å². The fraction of sp³-hybridized carbons (Fsp3) is 0.643. The largest absolute Gasteiger partial charge is 0.464 e. The Balaban J connectivity index is 1.88. The third kappa shape index (κ3) is 7.36. The van der Waals surface area contributed by atoms with E-state index in [1.807, 2.05) is 25.3 Å². The van der Waals surface area contributed by atoms with Crippen LogP contribution in [0.25, 0.3) is 6.08 Å². The Morgan fingerprint density at radius 2 is 2.03 bits per heavy atom. The number of hydrogen-bond acceptors (Lipinski definition) is 9. The first-order chi connectivity index (χ1) is 17.4. The van der Waals surface area contributed by atoms with Crippen LogP contribution in [0.15, 0.2) is 23.1 Å². The van der Waals surface area contributed by atoms with Gasteiger partial charge in [0.15, 0.2) is 0 Å². The molecular formula is C28H39NO7S. The average Bonchev–Trinajstić information content (AvgIpc) is 3.25. The van der Waals surface area contributed by atoms with Crippen LogP contribution >= 0.6 is 11.3 Å². The minimum Gasteiger partial charge on any atom is -0.464 e. The van der Waals surface area contributed by atoms with E-state index in [0.717, 1.165) is 24.8 Å². The van der Waals surface area contributed by atoms with E-state index in [4.69, 9.17) is 14.2 Å². The molecule has 3 heterocycles. The summed E-state index contributed by atoms with van der Waals surface area (Å²) < 4.78 is 17.3. The molecule has 0 aliphatic carbocycles. The summed E-state index contributed by atoms with van der Waals surface area (Å²) in [5.74, 6) is -1.22. The highest BCUT2D eigenvalue weighted by atomic mass is 32.1. The van der Waals surface area contributed by atoms with E-state index in [0.29, 0.717) is 23.6 Å².